The summed E-state index contributed by atoms with van der Waals surface area (Å²) in [7, 11) is 0. The van der Waals surface area contributed by atoms with Crippen molar-refractivity contribution in [2.45, 2.75) is 0 Å². The van der Waals surface area contributed by atoms with E-state index in [0.29, 0.717) is 0 Å². The Morgan fingerprint density at radius 2 is 1.64 bits per heavy atom. The van der Waals surface area contributed by atoms with Gasteiger partial charge in [-0.2, -0.15) is 0 Å². The van der Waals surface area contributed by atoms with Crippen molar-refractivity contribution in [3.05, 3.63) is 35.7 Å². The standard InChI is InChI=1S/C8H6S.2ClH/c1-2-4-8-7(3-1)5-6-9-8;;/h1-6H;2*1H. The second kappa shape index (κ2) is 4.60. The van der Waals surface area contributed by atoms with Crippen LogP contribution in [-0.4, -0.2) is 0 Å². The summed E-state index contributed by atoms with van der Waals surface area (Å²) in [6.07, 6.45) is 0. The summed E-state index contributed by atoms with van der Waals surface area (Å²) in [6, 6.07) is 10.5. The van der Waals surface area contributed by atoms with Crippen molar-refractivity contribution in [2.75, 3.05) is 0 Å². The average molecular weight is 207 g/mol. The maximum absolute atomic E-state index is 2.14. The summed E-state index contributed by atoms with van der Waals surface area (Å²) in [5.74, 6) is 0. The molecule has 0 aliphatic heterocycles. The molecule has 0 saturated carbocycles. The maximum Gasteiger partial charge on any atom is 0.0342 e. The Hall–Kier alpha value is -0.240. The van der Waals surface area contributed by atoms with Crippen molar-refractivity contribution in [1.29, 1.82) is 0 Å². The first-order valence-electron chi connectivity index (χ1n) is 2.89. The summed E-state index contributed by atoms with van der Waals surface area (Å²) in [5, 5.41) is 3.47. The van der Waals surface area contributed by atoms with Crippen LogP contribution in [0.3, 0.4) is 0 Å². The van der Waals surface area contributed by atoms with Crippen LogP contribution in [0.1, 0.15) is 0 Å². The minimum Gasteiger partial charge on any atom is -0.147 e. The number of hydrogen-bond donors (Lipinski definition) is 0. The molecule has 2 aromatic rings. The Kier molecular flexibility index (Phi) is 4.50. The lowest BCUT2D eigenvalue weighted by molar-refractivity contribution is 1.86. The van der Waals surface area contributed by atoms with Crippen LogP contribution in [0.2, 0.25) is 0 Å². The quantitative estimate of drug-likeness (QED) is 0.617. The van der Waals surface area contributed by atoms with Crippen LogP contribution in [0.4, 0.5) is 0 Å². The Morgan fingerprint density at radius 1 is 0.909 bits per heavy atom. The topological polar surface area (TPSA) is 0 Å². The molecule has 1 heterocycles. The molecule has 0 aliphatic rings. The molecule has 0 amide bonds. The average Bonchev–Trinajstić information content (AvgIpc) is 2.33. The summed E-state index contributed by atoms with van der Waals surface area (Å²) < 4.78 is 1.37. The number of halogens is 2. The second-order valence-corrected chi connectivity index (χ2v) is 2.91. The van der Waals surface area contributed by atoms with Gasteiger partial charge < -0.3 is 0 Å². The van der Waals surface area contributed by atoms with Crippen LogP contribution >= 0.6 is 36.2 Å². The van der Waals surface area contributed by atoms with Crippen molar-refractivity contribution >= 4 is 46.2 Å². The normalized spacial score (nSPS) is 8.36. The number of benzene rings is 1. The Bertz CT molecular complexity index is 286. The Labute approximate surface area is 82.1 Å². The van der Waals surface area contributed by atoms with Crippen molar-refractivity contribution in [3.8, 4) is 0 Å². The molecule has 0 N–H and O–H groups in total. The van der Waals surface area contributed by atoms with Gasteiger partial charge in [-0.1, -0.05) is 18.2 Å². The fourth-order valence-electron chi connectivity index (χ4n) is 0.906. The van der Waals surface area contributed by atoms with E-state index in [2.05, 4.69) is 35.7 Å². The summed E-state index contributed by atoms with van der Waals surface area (Å²) in [6.45, 7) is 0. The smallest absolute Gasteiger partial charge is 0.0342 e. The van der Waals surface area contributed by atoms with Gasteiger partial charge in [0.1, 0.15) is 0 Å². The molecule has 11 heavy (non-hydrogen) atoms. The number of rotatable bonds is 0. The van der Waals surface area contributed by atoms with Crippen LogP contribution in [0, 0.1) is 0 Å². The first-order valence-corrected chi connectivity index (χ1v) is 3.77. The lowest BCUT2D eigenvalue weighted by Crippen LogP contribution is -1.56. The zero-order valence-corrected chi connectivity index (χ0v) is 8.14. The van der Waals surface area contributed by atoms with E-state index in [1.54, 1.807) is 11.3 Å². The van der Waals surface area contributed by atoms with Crippen LogP contribution in [0.5, 0.6) is 0 Å². The summed E-state index contributed by atoms with van der Waals surface area (Å²) >= 11 is 1.79. The van der Waals surface area contributed by atoms with E-state index in [4.69, 9.17) is 0 Å². The molecule has 0 aliphatic carbocycles. The van der Waals surface area contributed by atoms with Crippen molar-refractivity contribution in [1.82, 2.24) is 0 Å². The first-order chi connectivity index (χ1) is 4.47. The predicted molar refractivity (Wildman–Crippen MR) is 56.3 cm³/mol. The molecule has 0 spiro atoms. The monoisotopic (exact) mass is 206 g/mol. The number of fused-ring (bicyclic) bond motifs is 1. The van der Waals surface area contributed by atoms with E-state index in [1.165, 1.54) is 10.1 Å². The molecule has 0 fully saturated rings. The molecule has 0 radical (unpaired) electrons. The molecule has 0 atom stereocenters. The van der Waals surface area contributed by atoms with E-state index in [0.717, 1.165) is 0 Å². The maximum atomic E-state index is 2.14. The van der Waals surface area contributed by atoms with E-state index >= 15 is 0 Å². The molecule has 0 bridgehead atoms. The van der Waals surface area contributed by atoms with Gasteiger partial charge in [-0.05, 0) is 22.9 Å². The van der Waals surface area contributed by atoms with E-state index in [1.807, 2.05) is 0 Å². The highest BCUT2D eigenvalue weighted by Crippen LogP contribution is 2.18. The SMILES string of the molecule is Cl.Cl.c1ccc2sccc2c1. The van der Waals surface area contributed by atoms with Gasteiger partial charge in [0.15, 0.2) is 0 Å². The lowest BCUT2D eigenvalue weighted by atomic mass is 10.3. The molecule has 2 rings (SSSR count). The third kappa shape index (κ3) is 2.09. The van der Waals surface area contributed by atoms with E-state index in [9.17, 15) is 0 Å². The van der Waals surface area contributed by atoms with Gasteiger partial charge in [-0.3, -0.25) is 0 Å². The highest BCUT2D eigenvalue weighted by Gasteiger charge is 1.87. The highest BCUT2D eigenvalue weighted by atomic mass is 35.5. The van der Waals surface area contributed by atoms with Gasteiger partial charge in [0.05, 0.1) is 0 Å². The summed E-state index contributed by atoms with van der Waals surface area (Å²) in [4.78, 5) is 0. The molecular formula is C8H8Cl2S. The van der Waals surface area contributed by atoms with Crippen LogP contribution in [0.15, 0.2) is 35.7 Å². The van der Waals surface area contributed by atoms with Crippen molar-refractivity contribution in [2.24, 2.45) is 0 Å². The van der Waals surface area contributed by atoms with Gasteiger partial charge in [-0.25, -0.2) is 0 Å². The zero-order chi connectivity index (χ0) is 6.10. The van der Waals surface area contributed by atoms with E-state index < -0.39 is 0 Å². The van der Waals surface area contributed by atoms with Gasteiger partial charge in [0.25, 0.3) is 0 Å². The predicted octanol–water partition coefficient (Wildman–Crippen LogP) is 3.74. The molecule has 0 nitrogen and oxygen atoms in total. The van der Waals surface area contributed by atoms with Gasteiger partial charge in [0.2, 0.25) is 0 Å². The van der Waals surface area contributed by atoms with Crippen molar-refractivity contribution < 1.29 is 0 Å². The van der Waals surface area contributed by atoms with Crippen LogP contribution in [-0.2, 0) is 0 Å². The molecule has 60 valence electrons. The number of hydrogen-bond acceptors (Lipinski definition) is 1. The lowest BCUT2D eigenvalue weighted by Gasteiger charge is -1.82. The first kappa shape index (κ1) is 10.8. The van der Waals surface area contributed by atoms with E-state index in [-0.39, 0.29) is 24.8 Å². The van der Waals surface area contributed by atoms with Gasteiger partial charge >= 0.3 is 0 Å². The minimum absolute atomic E-state index is 0. The molecule has 0 unspecified atom stereocenters. The van der Waals surface area contributed by atoms with Crippen LogP contribution in [0.25, 0.3) is 10.1 Å². The highest BCUT2D eigenvalue weighted by molar-refractivity contribution is 7.17. The molecular weight excluding hydrogens is 199 g/mol. The molecule has 1 aromatic carbocycles. The van der Waals surface area contributed by atoms with Crippen molar-refractivity contribution in [3.63, 3.8) is 0 Å². The zero-order valence-electron chi connectivity index (χ0n) is 5.69. The Balaban J connectivity index is 0.000000500. The van der Waals surface area contributed by atoms with Crippen LogP contribution < -0.4 is 0 Å². The molecule has 1 aromatic heterocycles. The fourth-order valence-corrected chi connectivity index (χ4v) is 1.70. The third-order valence-electron chi connectivity index (χ3n) is 1.36. The van der Waals surface area contributed by atoms with Gasteiger partial charge in [0, 0.05) is 4.70 Å². The second-order valence-electron chi connectivity index (χ2n) is 1.96. The Morgan fingerprint density at radius 3 is 2.36 bits per heavy atom. The molecule has 0 saturated heterocycles. The fraction of sp³-hybridized carbons (Fsp3) is 0. The largest absolute Gasteiger partial charge is 0.147 e. The van der Waals surface area contributed by atoms with Gasteiger partial charge in [-0.15, -0.1) is 36.2 Å². The number of thiophene rings is 1. The summed E-state index contributed by atoms with van der Waals surface area (Å²) in [5.41, 5.74) is 0. The minimum atomic E-state index is 0. The molecule has 3 heteroatoms. The third-order valence-corrected chi connectivity index (χ3v) is 2.26.